The Morgan fingerprint density at radius 1 is 0.521 bits per heavy atom. The van der Waals surface area contributed by atoms with E-state index in [9.17, 15) is 0 Å². The zero-order valence-corrected chi connectivity index (χ0v) is 44.9. The van der Waals surface area contributed by atoms with Gasteiger partial charge < -0.3 is 14.2 Å². The van der Waals surface area contributed by atoms with Crippen LogP contribution in [-0.2, 0) is 27.1 Å². The van der Waals surface area contributed by atoms with Crippen molar-refractivity contribution in [3.8, 4) is 5.69 Å². The summed E-state index contributed by atoms with van der Waals surface area (Å²) < 4.78 is 9.51. The van der Waals surface area contributed by atoms with Crippen LogP contribution in [0.15, 0.2) is 132 Å². The van der Waals surface area contributed by atoms with Crippen LogP contribution in [0.5, 0.6) is 0 Å². The quantitative estimate of drug-likeness (QED) is 0.164. The van der Waals surface area contributed by atoms with Crippen LogP contribution in [0.4, 0.5) is 34.1 Å². The zero-order valence-electron chi connectivity index (χ0n) is 44.9. The van der Waals surface area contributed by atoms with Gasteiger partial charge in [-0.1, -0.05) is 151 Å². The van der Waals surface area contributed by atoms with Crippen molar-refractivity contribution in [3.05, 3.63) is 166 Å². The van der Waals surface area contributed by atoms with Gasteiger partial charge in [0, 0.05) is 50.6 Å². The predicted molar refractivity (Wildman–Crippen MR) is 305 cm³/mol. The van der Waals surface area contributed by atoms with Crippen LogP contribution in [0.3, 0.4) is 0 Å². The molecule has 0 spiro atoms. The van der Waals surface area contributed by atoms with E-state index in [1.807, 2.05) is 0 Å². The van der Waals surface area contributed by atoms with Crippen molar-refractivity contribution in [1.29, 1.82) is 0 Å². The lowest BCUT2D eigenvalue weighted by Gasteiger charge is -2.45. The first-order chi connectivity index (χ1) is 33.4. The van der Waals surface area contributed by atoms with Crippen molar-refractivity contribution in [1.82, 2.24) is 4.57 Å². The topological polar surface area (TPSA) is 24.6 Å². The fraction of sp³-hybridized carbons (Fsp3) is 0.333. The molecule has 4 heterocycles. The molecule has 1 aliphatic carbocycles. The second kappa shape index (κ2) is 15.0. The number of anilines is 6. The van der Waals surface area contributed by atoms with Crippen LogP contribution in [0.2, 0.25) is 0 Å². The molecule has 2 aromatic heterocycles. The van der Waals surface area contributed by atoms with Crippen LogP contribution >= 0.6 is 0 Å². The van der Waals surface area contributed by atoms with E-state index in [1.54, 1.807) is 0 Å². The summed E-state index contributed by atoms with van der Waals surface area (Å²) >= 11 is 0. The van der Waals surface area contributed by atoms with Gasteiger partial charge in [-0.3, -0.25) is 4.57 Å². The summed E-state index contributed by atoms with van der Waals surface area (Å²) in [5, 5.41) is 3.63. The minimum absolute atomic E-state index is 0.0256. The van der Waals surface area contributed by atoms with E-state index >= 15 is 0 Å². The van der Waals surface area contributed by atoms with Crippen LogP contribution in [-0.4, -0.2) is 11.3 Å². The van der Waals surface area contributed by atoms with Crippen molar-refractivity contribution >= 4 is 90.2 Å². The van der Waals surface area contributed by atoms with E-state index in [2.05, 4.69) is 246 Å². The van der Waals surface area contributed by atoms with Gasteiger partial charge in [0.2, 0.25) is 5.71 Å². The highest BCUT2D eigenvalue weighted by Crippen LogP contribution is 2.52. The Labute approximate surface area is 422 Å². The van der Waals surface area contributed by atoms with Crippen molar-refractivity contribution in [2.24, 2.45) is 0 Å². The molecule has 5 heteroatoms. The molecule has 0 atom stereocenters. The average molecular weight is 932 g/mol. The molecule has 0 bridgehead atoms. The second-order valence-electron chi connectivity index (χ2n) is 25.9. The standard InChI is InChI=1S/C66H70BN3O/c1-39-32-55-59-56(33-39)70-60-48(58-47-18-16-17-19-57(47)71-61(58)70)35-43(64(9,10)11)36-52(60)67(59)51-29-28-46(37-54(51)69(55)53-38-50-49(34-40(53)2)65(12,13)30-31-66(50,14)15)68(44-24-20-41(21-25-44)62(3,4)5)45-26-22-42(23-27-45)63(6,7)8/h16-29,32-38H,30-31H2,1-15H3. The third-order valence-corrected chi connectivity index (χ3v) is 16.9. The third-order valence-electron chi connectivity index (χ3n) is 16.9. The maximum atomic E-state index is 7.02. The molecule has 7 aromatic carbocycles. The Bertz CT molecular complexity index is 3610. The van der Waals surface area contributed by atoms with Gasteiger partial charge in [-0.25, -0.2) is 0 Å². The molecule has 0 radical (unpaired) electrons. The van der Waals surface area contributed by atoms with E-state index in [0.717, 1.165) is 34.8 Å². The summed E-state index contributed by atoms with van der Waals surface area (Å²) in [6.45, 7) is 35.3. The molecule has 12 rings (SSSR count). The molecule has 0 N–H and O–H groups in total. The second-order valence-corrected chi connectivity index (χ2v) is 25.9. The highest BCUT2D eigenvalue weighted by atomic mass is 16.3. The molecule has 0 fully saturated rings. The summed E-state index contributed by atoms with van der Waals surface area (Å²) in [4.78, 5) is 5.14. The van der Waals surface area contributed by atoms with Crippen LogP contribution in [0.1, 0.15) is 142 Å². The van der Waals surface area contributed by atoms with Gasteiger partial charge in [0.25, 0.3) is 6.71 Å². The Hall–Kier alpha value is -6.46. The molecule has 4 nitrogen and oxygen atoms in total. The Kier molecular flexibility index (Phi) is 9.68. The lowest BCUT2D eigenvalue weighted by atomic mass is 9.33. The van der Waals surface area contributed by atoms with Crippen LogP contribution < -0.4 is 26.2 Å². The lowest BCUT2D eigenvalue weighted by Crippen LogP contribution is -2.60. The van der Waals surface area contributed by atoms with Crippen molar-refractivity contribution in [2.75, 3.05) is 9.80 Å². The number of hydrogen-bond donors (Lipinski definition) is 0. The van der Waals surface area contributed by atoms with E-state index in [1.165, 1.54) is 106 Å². The van der Waals surface area contributed by atoms with E-state index < -0.39 is 0 Å². The van der Waals surface area contributed by atoms with Crippen LogP contribution in [0, 0.1) is 13.8 Å². The Morgan fingerprint density at radius 3 is 1.69 bits per heavy atom. The zero-order chi connectivity index (χ0) is 50.1. The molecular formula is C66H70BN3O. The number of para-hydroxylation sites is 1. The van der Waals surface area contributed by atoms with Crippen molar-refractivity contribution in [2.45, 2.75) is 144 Å². The number of aromatic nitrogens is 1. The molecule has 0 amide bonds. The maximum Gasteiger partial charge on any atom is 0.252 e. The summed E-state index contributed by atoms with van der Waals surface area (Å²) in [5.41, 5.74) is 25.0. The van der Waals surface area contributed by atoms with Gasteiger partial charge in [-0.05, 0) is 176 Å². The SMILES string of the molecule is Cc1cc2c3c(c1)-n1c4oc5ccccc5c4c4cc(C(C)(C)C)cc(c41)B3c1ccc(N(c3ccc(C(C)(C)C)cc3)c3ccc(C(C)(C)C)cc3)cc1N2c1cc2c(cc1C)C(C)(C)CCC2(C)C. The van der Waals surface area contributed by atoms with Gasteiger partial charge in [-0.15, -0.1) is 0 Å². The molecule has 71 heavy (non-hydrogen) atoms. The van der Waals surface area contributed by atoms with Crippen molar-refractivity contribution < 1.29 is 4.42 Å². The Balaban J connectivity index is 1.19. The molecule has 0 saturated carbocycles. The number of benzene rings is 7. The Morgan fingerprint density at radius 2 is 1.08 bits per heavy atom. The minimum Gasteiger partial charge on any atom is -0.439 e. The summed E-state index contributed by atoms with van der Waals surface area (Å²) in [6, 6.07) is 49.6. The number of nitrogens with zero attached hydrogens (tertiary/aromatic N) is 3. The van der Waals surface area contributed by atoms with Gasteiger partial charge in [-0.2, -0.15) is 0 Å². The highest BCUT2D eigenvalue weighted by molar-refractivity contribution is 7.00. The van der Waals surface area contributed by atoms with Gasteiger partial charge in [0.05, 0.1) is 10.9 Å². The number of aryl methyl sites for hydroxylation is 2. The number of fused-ring (bicyclic) bond motifs is 10. The maximum absolute atomic E-state index is 7.02. The summed E-state index contributed by atoms with van der Waals surface area (Å²) in [6.07, 6.45) is 2.33. The fourth-order valence-corrected chi connectivity index (χ4v) is 12.6. The molecule has 358 valence electrons. The lowest BCUT2D eigenvalue weighted by molar-refractivity contribution is 0.332. The molecular weight excluding hydrogens is 862 g/mol. The van der Waals surface area contributed by atoms with E-state index in [0.29, 0.717) is 0 Å². The molecule has 2 aliphatic heterocycles. The van der Waals surface area contributed by atoms with Gasteiger partial charge in [0.15, 0.2) is 0 Å². The molecule has 0 unspecified atom stereocenters. The molecule has 0 saturated heterocycles. The average Bonchev–Trinajstić information content (AvgIpc) is 3.84. The monoisotopic (exact) mass is 932 g/mol. The smallest absolute Gasteiger partial charge is 0.252 e. The first-order valence-electron chi connectivity index (χ1n) is 26.2. The summed E-state index contributed by atoms with van der Waals surface area (Å²) in [7, 11) is 0. The highest BCUT2D eigenvalue weighted by Gasteiger charge is 2.45. The third kappa shape index (κ3) is 6.92. The largest absolute Gasteiger partial charge is 0.439 e. The number of furan rings is 1. The number of hydrogen-bond acceptors (Lipinski definition) is 3. The van der Waals surface area contributed by atoms with E-state index in [4.69, 9.17) is 4.42 Å². The first-order valence-corrected chi connectivity index (χ1v) is 26.2. The fourth-order valence-electron chi connectivity index (χ4n) is 12.6. The van der Waals surface area contributed by atoms with Gasteiger partial charge >= 0.3 is 0 Å². The molecule has 9 aromatic rings. The van der Waals surface area contributed by atoms with Crippen molar-refractivity contribution in [3.63, 3.8) is 0 Å². The minimum atomic E-state index is -0.0885. The first kappa shape index (κ1) is 45.7. The normalized spacial score (nSPS) is 15.9. The predicted octanol–water partition coefficient (Wildman–Crippen LogP) is 16.5. The summed E-state index contributed by atoms with van der Waals surface area (Å²) in [5.74, 6) is 0. The number of rotatable bonds is 4. The molecule has 3 aliphatic rings. The van der Waals surface area contributed by atoms with E-state index in [-0.39, 0.29) is 33.8 Å². The van der Waals surface area contributed by atoms with Gasteiger partial charge in [0.1, 0.15) is 5.58 Å². The van der Waals surface area contributed by atoms with Crippen LogP contribution in [0.25, 0.3) is 38.7 Å².